The molecule has 6 heteroatoms. The Labute approximate surface area is 199 Å². The molecule has 5 rings (SSSR count). The minimum absolute atomic E-state index is 0.124. The lowest BCUT2D eigenvalue weighted by molar-refractivity contribution is -0.134. The van der Waals surface area contributed by atoms with Crippen molar-refractivity contribution in [3.63, 3.8) is 0 Å². The number of rotatable bonds is 4. The van der Waals surface area contributed by atoms with Gasteiger partial charge >= 0.3 is 0 Å². The summed E-state index contributed by atoms with van der Waals surface area (Å²) in [6.45, 7) is 2.38. The monoisotopic (exact) mass is 461 g/mol. The van der Waals surface area contributed by atoms with Gasteiger partial charge in [-0.25, -0.2) is 4.39 Å². The van der Waals surface area contributed by atoms with Gasteiger partial charge in [-0.15, -0.1) is 0 Å². The summed E-state index contributed by atoms with van der Waals surface area (Å²) >= 11 is 0. The van der Waals surface area contributed by atoms with Crippen LogP contribution < -0.4 is 5.32 Å². The van der Waals surface area contributed by atoms with Crippen LogP contribution in [0.1, 0.15) is 67.9 Å². The fourth-order valence-corrected chi connectivity index (χ4v) is 5.51. The Bertz CT molecular complexity index is 1210. The topological polar surface area (TPSA) is 54.3 Å². The SMILES string of the molecule is CC1(C(=O)NC2CCCCCCC2)Cn2c(cc3ccccc32)C(=O)N1Cc1cccc(F)c1. The summed E-state index contributed by atoms with van der Waals surface area (Å²) in [6.07, 6.45) is 7.82. The van der Waals surface area contributed by atoms with Gasteiger partial charge in [-0.2, -0.15) is 0 Å². The number of fused-ring (bicyclic) bond motifs is 3. The quantitative estimate of drug-likeness (QED) is 0.564. The van der Waals surface area contributed by atoms with E-state index in [1.54, 1.807) is 17.0 Å². The van der Waals surface area contributed by atoms with E-state index in [9.17, 15) is 14.0 Å². The first-order valence-electron chi connectivity index (χ1n) is 12.4. The molecule has 178 valence electrons. The Morgan fingerprint density at radius 3 is 2.53 bits per heavy atom. The van der Waals surface area contributed by atoms with Crippen molar-refractivity contribution in [3.05, 3.63) is 71.7 Å². The minimum atomic E-state index is -1.10. The standard InChI is InChI=1S/C28H32FN3O2/c1-28(27(34)30-23-13-5-3-2-4-6-14-23)19-31-24-15-8-7-11-21(24)17-25(31)26(33)32(28)18-20-10-9-12-22(29)16-20/h7-12,15-17,23H,2-6,13-14,18-19H2,1H3,(H,30,34). The van der Waals surface area contributed by atoms with Crippen molar-refractivity contribution in [1.82, 2.24) is 14.8 Å². The van der Waals surface area contributed by atoms with Crippen LogP contribution in [0.25, 0.3) is 10.9 Å². The summed E-state index contributed by atoms with van der Waals surface area (Å²) in [5, 5.41) is 4.27. The second-order valence-corrected chi connectivity index (χ2v) is 9.99. The average molecular weight is 462 g/mol. The molecule has 2 aromatic carbocycles. The summed E-state index contributed by atoms with van der Waals surface area (Å²) < 4.78 is 15.9. The van der Waals surface area contributed by atoms with E-state index in [1.807, 2.05) is 41.8 Å². The third kappa shape index (κ3) is 4.22. The number of nitrogens with one attached hydrogen (secondary N) is 1. The lowest BCUT2D eigenvalue weighted by Gasteiger charge is -2.44. The van der Waals surface area contributed by atoms with Crippen molar-refractivity contribution in [3.8, 4) is 0 Å². The molecule has 2 amide bonds. The highest BCUT2D eigenvalue weighted by Gasteiger charge is 2.48. The zero-order chi connectivity index (χ0) is 23.7. The van der Waals surface area contributed by atoms with Crippen molar-refractivity contribution in [1.29, 1.82) is 0 Å². The van der Waals surface area contributed by atoms with Gasteiger partial charge in [-0.05, 0) is 49.6 Å². The molecule has 5 nitrogen and oxygen atoms in total. The van der Waals surface area contributed by atoms with Crippen LogP contribution in [-0.4, -0.2) is 32.9 Å². The third-order valence-corrected chi connectivity index (χ3v) is 7.50. The number of hydrogen-bond acceptors (Lipinski definition) is 2. The number of carbonyl (C=O) groups is 2. The lowest BCUT2D eigenvalue weighted by atomic mass is 9.91. The number of amides is 2. The summed E-state index contributed by atoms with van der Waals surface area (Å²) in [4.78, 5) is 29.3. The molecule has 1 N–H and O–H groups in total. The van der Waals surface area contributed by atoms with E-state index in [0.29, 0.717) is 17.8 Å². The maximum Gasteiger partial charge on any atom is 0.271 e. The van der Waals surface area contributed by atoms with Gasteiger partial charge < -0.3 is 14.8 Å². The molecule has 2 heterocycles. The number of carbonyl (C=O) groups excluding carboxylic acids is 2. The number of hydrogen-bond donors (Lipinski definition) is 1. The molecule has 0 radical (unpaired) electrons. The Balaban J connectivity index is 1.52. The normalized spacial score (nSPS) is 21.7. The first kappa shape index (κ1) is 22.6. The Morgan fingerprint density at radius 2 is 1.76 bits per heavy atom. The molecule has 1 fully saturated rings. The van der Waals surface area contributed by atoms with Gasteiger partial charge in [0.2, 0.25) is 5.91 Å². The van der Waals surface area contributed by atoms with Crippen LogP contribution in [0.5, 0.6) is 0 Å². The van der Waals surface area contributed by atoms with Crippen molar-refractivity contribution < 1.29 is 14.0 Å². The Morgan fingerprint density at radius 1 is 1.03 bits per heavy atom. The van der Waals surface area contributed by atoms with Crippen molar-refractivity contribution in [2.45, 2.75) is 76.5 Å². The number of aromatic nitrogens is 1. The molecule has 1 unspecified atom stereocenters. The highest BCUT2D eigenvalue weighted by atomic mass is 19.1. The van der Waals surface area contributed by atoms with Crippen LogP contribution in [0.15, 0.2) is 54.6 Å². The van der Waals surface area contributed by atoms with Crippen LogP contribution in [-0.2, 0) is 17.9 Å². The van der Waals surface area contributed by atoms with Gasteiger partial charge in [0, 0.05) is 23.5 Å². The van der Waals surface area contributed by atoms with E-state index in [0.717, 1.165) is 36.6 Å². The number of nitrogens with zero attached hydrogens (tertiary/aromatic N) is 2. The first-order valence-corrected chi connectivity index (χ1v) is 12.4. The summed E-state index contributed by atoms with van der Waals surface area (Å²) in [6, 6.07) is 16.1. The van der Waals surface area contributed by atoms with Gasteiger partial charge in [0.15, 0.2) is 0 Å². The molecule has 34 heavy (non-hydrogen) atoms. The van der Waals surface area contributed by atoms with Crippen LogP contribution in [0, 0.1) is 5.82 Å². The fraction of sp³-hybridized carbons (Fsp3) is 0.429. The predicted molar refractivity (Wildman–Crippen MR) is 131 cm³/mol. The molecule has 1 atom stereocenters. The molecular formula is C28H32FN3O2. The van der Waals surface area contributed by atoms with E-state index in [-0.39, 0.29) is 30.2 Å². The first-order chi connectivity index (χ1) is 16.5. The highest BCUT2D eigenvalue weighted by Crippen LogP contribution is 2.34. The molecule has 0 bridgehead atoms. The summed E-state index contributed by atoms with van der Waals surface area (Å²) in [7, 11) is 0. The van der Waals surface area contributed by atoms with Crippen LogP contribution in [0.3, 0.4) is 0 Å². The maximum absolute atomic E-state index is 13.9. The smallest absolute Gasteiger partial charge is 0.271 e. The Kier molecular flexibility index (Phi) is 6.15. The predicted octanol–water partition coefficient (Wildman–Crippen LogP) is 5.42. The second kappa shape index (κ2) is 9.24. The van der Waals surface area contributed by atoms with Gasteiger partial charge in [-0.1, -0.05) is 62.4 Å². The molecule has 1 aliphatic heterocycles. The van der Waals surface area contributed by atoms with E-state index in [1.165, 1.54) is 31.4 Å². The minimum Gasteiger partial charge on any atom is -0.351 e. The van der Waals surface area contributed by atoms with Gasteiger partial charge in [0.05, 0.1) is 6.54 Å². The largest absolute Gasteiger partial charge is 0.351 e. The van der Waals surface area contributed by atoms with Crippen molar-refractivity contribution in [2.75, 3.05) is 0 Å². The zero-order valence-electron chi connectivity index (χ0n) is 19.7. The second-order valence-electron chi connectivity index (χ2n) is 9.99. The van der Waals surface area contributed by atoms with Crippen molar-refractivity contribution >= 4 is 22.7 Å². The molecule has 0 saturated heterocycles. The molecule has 0 spiro atoms. The molecule has 2 aliphatic rings. The number of halogens is 1. The lowest BCUT2D eigenvalue weighted by Crippen LogP contribution is -2.64. The molecule has 3 aromatic rings. The van der Waals surface area contributed by atoms with E-state index in [4.69, 9.17) is 0 Å². The van der Waals surface area contributed by atoms with E-state index < -0.39 is 5.54 Å². The number of para-hydroxylation sites is 1. The molecule has 1 aromatic heterocycles. The maximum atomic E-state index is 13.9. The summed E-state index contributed by atoms with van der Waals surface area (Å²) in [5.41, 5.74) is 1.08. The van der Waals surface area contributed by atoms with Crippen LogP contribution in [0.2, 0.25) is 0 Å². The fourth-order valence-electron chi connectivity index (χ4n) is 5.51. The van der Waals surface area contributed by atoms with Crippen LogP contribution >= 0.6 is 0 Å². The van der Waals surface area contributed by atoms with Gasteiger partial charge in [0.25, 0.3) is 5.91 Å². The van der Waals surface area contributed by atoms with Gasteiger partial charge in [0.1, 0.15) is 17.1 Å². The van der Waals surface area contributed by atoms with Crippen LogP contribution in [0.4, 0.5) is 4.39 Å². The molecule has 1 aliphatic carbocycles. The zero-order valence-corrected chi connectivity index (χ0v) is 19.7. The molecular weight excluding hydrogens is 429 g/mol. The van der Waals surface area contributed by atoms with E-state index in [2.05, 4.69) is 5.32 Å². The Hall–Kier alpha value is -3.15. The summed E-state index contributed by atoms with van der Waals surface area (Å²) in [5.74, 6) is -0.690. The highest BCUT2D eigenvalue weighted by molar-refractivity contribution is 6.03. The average Bonchev–Trinajstić information content (AvgIpc) is 3.17. The van der Waals surface area contributed by atoms with E-state index >= 15 is 0 Å². The molecule has 1 saturated carbocycles. The number of benzene rings is 2. The third-order valence-electron chi connectivity index (χ3n) is 7.50. The van der Waals surface area contributed by atoms with Crippen molar-refractivity contribution in [2.24, 2.45) is 0 Å². The van der Waals surface area contributed by atoms with Gasteiger partial charge in [-0.3, -0.25) is 9.59 Å².